The third-order valence-electron chi connectivity index (χ3n) is 2.29. The predicted molar refractivity (Wildman–Crippen MR) is 58.7 cm³/mol. The van der Waals surface area contributed by atoms with Gasteiger partial charge in [0.05, 0.1) is 0 Å². The zero-order valence-corrected chi connectivity index (χ0v) is 9.48. The quantitative estimate of drug-likeness (QED) is 0.442. The van der Waals surface area contributed by atoms with E-state index in [9.17, 15) is 9.59 Å². The highest BCUT2D eigenvalue weighted by atomic mass is 16.4. The van der Waals surface area contributed by atoms with Crippen molar-refractivity contribution in [1.82, 2.24) is 5.32 Å². The average Bonchev–Trinajstić information content (AvgIpc) is 2.25. The Balaban J connectivity index is 3.68. The number of aliphatic carboxylic acids is 1. The van der Waals surface area contributed by atoms with Crippen LogP contribution in [-0.4, -0.2) is 41.3 Å². The van der Waals surface area contributed by atoms with Crippen LogP contribution in [-0.2, 0) is 9.59 Å². The Hall–Kier alpha value is -1.14. The molecule has 0 aromatic heterocycles. The topological polar surface area (TPSA) is 113 Å². The summed E-state index contributed by atoms with van der Waals surface area (Å²) in [6.07, 6.45) is 0.0977. The molecule has 0 aliphatic heterocycles. The minimum atomic E-state index is -1.42. The fraction of sp³-hybridized carbons (Fsp3) is 0.800. The molecule has 94 valence electrons. The molecule has 0 saturated heterocycles. The lowest BCUT2D eigenvalue weighted by molar-refractivity contribution is -0.147. The van der Waals surface area contributed by atoms with Gasteiger partial charge in [0.25, 0.3) is 0 Å². The second kappa shape index (κ2) is 8.06. The molecule has 0 saturated carbocycles. The second-order valence-corrected chi connectivity index (χ2v) is 3.77. The van der Waals surface area contributed by atoms with Gasteiger partial charge in [-0.15, -0.1) is 0 Å². The molecule has 0 radical (unpaired) electrons. The minimum absolute atomic E-state index is 0.0185. The summed E-state index contributed by atoms with van der Waals surface area (Å²) in [6.45, 7) is 2.51. The van der Waals surface area contributed by atoms with Gasteiger partial charge in [-0.1, -0.05) is 6.92 Å². The number of aliphatic hydroxyl groups excluding tert-OH is 1. The smallest absolute Gasteiger partial charge is 0.332 e. The Morgan fingerprint density at radius 2 is 2.00 bits per heavy atom. The zero-order chi connectivity index (χ0) is 12.6. The lowest BCUT2D eigenvalue weighted by atomic mass is 10.0. The molecule has 6 nitrogen and oxygen atoms in total. The van der Waals surface area contributed by atoms with Gasteiger partial charge in [-0.05, 0) is 19.4 Å². The van der Waals surface area contributed by atoms with Crippen molar-refractivity contribution in [3.05, 3.63) is 0 Å². The SMILES string of the molecule is CC(CCCN)C(=O)NCCC(O)C(=O)O. The Labute approximate surface area is 94.8 Å². The van der Waals surface area contributed by atoms with Crippen molar-refractivity contribution in [3.63, 3.8) is 0 Å². The van der Waals surface area contributed by atoms with Crippen molar-refractivity contribution in [3.8, 4) is 0 Å². The number of nitrogens with two attached hydrogens (primary N) is 1. The van der Waals surface area contributed by atoms with Gasteiger partial charge in [-0.25, -0.2) is 4.79 Å². The molecule has 0 bridgehead atoms. The molecular formula is C10H20N2O4. The molecule has 0 aromatic carbocycles. The summed E-state index contributed by atoms with van der Waals surface area (Å²) >= 11 is 0. The number of carboxylic acid groups (broad SMARTS) is 1. The first-order valence-corrected chi connectivity index (χ1v) is 5.37. The first-order valence-electron chi connectivity index (χ1n) is 5.37. The lowest BCUT2D eigenvalue weighted by Gasteiger charge is -2.12. The van der Waals surface area contributed by atoms with Gasteiger partial charge in [0, 0.05) is 18.9 Å². The average molecular weight is 232 g/mol. The van der Waals surface area contributed by atoms with Gasteiger partial charge in [0.1, 0.15) is 0 Å². The number of hydrogen-bond acceptors (Lipinski definition) is 4. The summed E-state index contributed by atoms with van der Waals surface area (Å²) in [5.41, 5.74) is 5.32. The van der Waals surface area contributed by atoms with Crippen LogP contribution in [0.15, 0.2) is 0 Å². The molecule has 0 rings (SSSR count). The van der Waals surface area contributed by atoms with E-state index >= 15 is 0 Å². The number of nitrogens with one attached hydrogen (secondary N) is 1. The number of aliphatic hydroxyl groups is 1. The first-order chi connectivity index (χ1) is 7.49. The van der Waals surface area contributed by atoms with E-state index in [1.807, 2.05) is 0 Å². The van der Waals surface area contributed by atoms with Crippen LogP contribution in [0.4, 0.5) is 0 Å². The Bertz CT molecular complexity index is 233. The Morgan fingerprint density at radius 3 is 2.50 bits per heavy atom. The van der Waals surface area contributed by atoms with Crippen molar-refractivity contribution in [1.29, 1.82) is 0 Å². The fourth-order valence-electron chi connectivity index (χ4n) is 1.18. The number of hydrogen-bond donors (Lipinski definition) is 4. The van der Waals surface area contributed by atoms with Crippen LogP contribution in [0.5, 0.6) is 0 Å². The summed E-state index contributed by atoms with van der Waals surface area (Å²) in [6, 6.07) is 0. The number of rotatable bonds is 8. The molecule has 2 unspecified atom stereocenters. The van der Waals surface area contributed by atoms with E-state index in [0.717, 1.165) is 6.42 Å². The Kier molecular flexibility index (Phi) is 7.49. The van der Waals surface area contributed by atoms with Crippen LogP contribution >= 0.6 is 0 Å². The molecule has 5 N–H and O–H groups in total. The second-order valence-electron chi connectivity index (χ2n) is 3.77. The van der Waals surface area contributed by atoms with Crippen molar-refractivity contribution < 1.29 is 19.8 Å². The summed E-state index contributed by atoms with van der Waals surface area (Å²) in [4.78, 5) is 21.7. The van der Waals surface area contributed by atoms with Gasteiger partial charge in [0.15, 0.2) is 6.10 Å². The lowest BCUT2D eigenvalue weighted by Crippen LogP contribution is -2.33. The molecule has 0 spiro atoms. The van der Waals surface area contributed by atoms with E-state index in [1.165, 1.54) is 0 Å². The van der Waals surface area contributed by atoms with Crippen LogP contribution in [0.2, 0.25) is 0 Å². The maximum absolute atomic E-state index is 11.4. The molecular weight excluding hydrogens is 212 g/mol. The van der Waals surface area contributed by atoms with Crippen LogP contribution in [0.25, 0.3) is 0 Å². The molecule has 0 aliphatic rings. The fourth-order valence-corrected chi connectivity index (χ4v) is 1.18. The highest BCUT2D eigenvalue weighted by Gasteiger charge is 2.15. The van der Waals surface area contributed by atoms with E-state index in [-0.39, 0.29) is 24.8 Å². The summed E-state index contributed by atoms with van der Waals surface area (Å²) in [5.74, 6) is -1.54. The predicted octanol–water partition coefficient (Wildman–Crippen LogP) is -0.687. The molecule has 0 heterocycles. The van der Waals surface area contributed by atoms with Crippen molar-refractivity contribution >= 4 is 11.9 Å². The van der Waals surface area contributed by atoms with E-state index in [0.29, 0.717) is 13.0 Å². The van der Waals surface area contributed by atoms with E-state index < -0.39 is 12.1 Å². The molecule has 1 amide bonds. The summed E-state index contributed by atoms with van der Waals surface area (Å²) in [7, 11) is 0. The number of carbonyl (C=O) groups excluding carboxylic acids is 1. The normalized spacial score (nSPS) is 14.2. The molecule has 16 heavy (non-hydrogen) atoms. The van der Waals surface area contributed by atoms with Crippen molar-refractivity contribution in [2.75, 3.05) is 13.1 Å². The van der Waals surface area contributed by atoms with Crippen LogP contribution in [0, 0.1) is 5.92 Å². The Morgan fingerprint density at radius 1 is 1.38 bits per heavy atom. The third kappa shape index (κ3) is 6.36. The number of carbonyl (C=O) groups is 2. The summed E-state index contributed by atoms with van der Waals surface area (Å²) in [5, 5.41) is 19.9. The van der Waals surface area contributed by atoms with Crippen molar-refractivity contribution in [2.24, 2.45) is 11.7 Å². The molecule has 0 aromatic rings. The van der Waals surface area contributed by atoms with E-state index in [1.54, 1.807) is 6.92 Å². The van der Waals surface area contributed by atoms with Gasteiger partial charge in [-0.3, -0.25) is 4.79 Å². The summed E-state index contributed by atoms with van der Waals surface area (Å²) < 4.78 is 0. The third-order valence-corrected chi connectivity index (χ3v) is 2.29. The van der Waals surface area contributed by atoms with Crippen LogP contribution in [0.1, 0.15) is 26.2 Å². The van der Waals surface area contributed by atoms with Gasteiger partial charge < -0.3 is 21.3 Å². The van der Waals surface area contributed by atoms with Crippen LogP contribution in [0.3, 0.4) is 0 Å². The van der Waals surface area contributed by atoms with E-state index in [2.05, 4.69) is 5.32 Å². The van der Waals surface area contributed by atoms with Gasteiger partial charge in [0.2, 0.25) is 5.91 Å². The van der Waals surface area contributed by atoms with Gasteiger partial charge in [-0.2, -0.15) is 0 Å². The monoisotopic (exact) mass is 232 g/mol. The van der Waals surface area contributed by atoms with Crippen molar-refractivity contribution in [2.45, 2.75) is 32.3 Å². The highest BCUT2D eigenvalue weighted by molar-refractivity contribution is 5.78. The molecule has 2 atom stereocenters. The zero-order valence-electron chi connectivity index (χ0n) is 9.48. The van der Waals surface area contributed by atoms with Crippen LogP contribution < -0.4 is 11.1 Å². The maximum Gasteiger partial charge on any atom is 0.332 e. The number of carboxylic acids is 1. The molecule has 0 aliphatic carbocycles. The first kappa shape index (κ1) is 14.9. The number of amides is 1. The standard InChI is InChI=1S/C10H20N2O4/c1-7(3-2-5-11)9(14)12-6-4-8(13)10(15)16/h7-8,13H,2-6,11H2,1H3,(H,12,14)(H,15,16). The van der Waals surface area contributed by atoms with E-state index in [4.69, 9.17) is 15.9 Å². The molecule has 0 fully saturated rings. The molecule has 6 heteroatoms. The maximum atomic E-state index is 11.4. The minimum Gasteiger partial charge on any atom is -0.479 e. The highest BCUT2D eigenvalue weighted by Crippen LogP contribution is 2.04. The largest absolute Gasteiger partial charge is 0.479 e. The van der Waals surface area contributed by atoms with Gasteiger partial charge >= 0.3 is 5.97 Å².